The van der Waals surface area contributed by atoms with Gasteiger partial charge in [0.05, 0.1) is 12.1 Å². The number of carboxylic acid groups (broad SMARTS) is 1. The Hall–Kier alpha value is -3.31. The minimum atomic E-state index is -0.860. The lowest BCUT2D eigenvalue weighted by Crippen LogP contribution is -2.11. The smallest absolute Gasteiger partial charge is 0.323 e. The van der Waals surface area contributed by atoms with Gasteiger partial charge < -0.3 is 14.4 Å². The molecule has 0 amide bonds. The summed E-state index contributed by atoms with van der Waals surface area (Å²) < 4.78 is 7.93. The van der Waals surface area contributed by atoms with Crippen LogP contribution in [-0.4, -0.2) is 27.2 Å². The first kappa shape index (κ1) is 23.8. The van der Waals surface area contributed by atoms with E-state index < -0.39 is 5.97 Å². The van der Waals surface area contributed by atoms with Gasteiger partial charge in [0.2, 0.25) is 0 Å². The number of halogens is 1. The van der Waals surface area contributed by atoms with Crippen LogP contribution >= 0.6 is 11.6 Å². The van der Waals surface area contributed by atoms with Crippen molar-refractivity contribution in [3.05, 3.63) is 81.8 Å². The zero-order chi connectivity index (χ0) is 24.4. The van der Waals surface area contributed by atoms with Crippen molar-refractivity contribution in [3.8, 4) is 16.9 Å². The highest BCUT2D eigenvalue weighted by atomic mass is 35.5. The summed E-state index contributed by atoms with van der Waals surface area (Å²) >= 11 is 6.27. The lowest BCUT2D eigenvalue weighted by atomic mass is 9.98. The van der Waals surface area contributed by atoms with E-state index in [1.807, 2.05) is 68.8 Å². The van der Waals surface area contributed by atoms with Crippen LogP contribution in [0.15, 0.2) is 48.8 Å². The maximum atomic E-state index is 11.7. The molecule has 0 atom stereocenters. The number of aryl methyl sites for hydroxylation is 4. The van der Waals surface area contributed by atoms with E-state index in [-0.39, 0.29) is 6.54 Å². The van der Waals surface area contributed by atoms with Crippen LogP contribution in [0.1, 0.15) is 34.4 Å². The zero-order valence-electron chi connectivity index (χ0n) is 20.0. The second-order valence-corrected chi connectivity index (χ2v) is 9.14. The van der Waals surface area contributed by atoms with E-state index in [2.05, 4.69) is 11.1 Å². The van der Waals surface area contributed by atoms with E-state index in [4.69, 9.17) is 16.3 Å². The van der Waals surface area contributed by atoms with E-state index in [0.29, 0.717) is 6.61 Å². The van der Waals surface area contributed by atoms with Crippen molar-refractivity contribution < 1.29 is 14.6 Å². The maximum absolute atomic E-state index is 11.7. The molecule has 5 nitrogen and oxygen atoms in total. The summed E-state index contributed by atoms with van der Waals surface area (Å²) in [7, 11) is 0. The van der Waals surface area contributed by atoms with Crippen LogP contribution in [-0.2, 0) is 17.8 Å². The van der Waals surface area contributed by atoms with Crippen LogP contribution in [0.2, 0.25) is 5.02 Å². The normalized spacial score (nSPS) is 11.2. The molecule has 0 radical (unpaired) electrons. The van der Waals surface area contributed by atoms with Gasteiger partial charge in [-0.05, 0) is 81.0 Å². The second-order valence-electron chi connectivity index (χ2n) is 8.76. The fourth-order valence-electron chi connectivity index (χ4n) is 4.64. The predicted molar refractivity (Wildman–Crippen MR) is 137 cm³/mol. The molecule has 6 heteroatoms. The molecule has 2 aromatic carbocycles. The van der Waals surface area contributed by atoms with E-state index >= 15 is 0 Å². The number of para-hydroxylation sites is 1. The van der Waals surface area contributed by atoms with Gasteiger partial charge in [-0.25, -0.2) is 0 Å². The van der Waals surface area contributed by atoms with Crippen LogP contribution in [0.4, 0.5) is 0 Å². The van der Waals surface area contributed by atoms with Crippen LogP contribution in [0.25, 0.3) is 22.0 Å². The first-order valence-electron chi connectivity index (χ1n) is 11.4. The standard InChI is InChI=1S/C28H29ClN2O3/c1-17-10-11-30-15-25(17)24-8-5-7-23-22(20(4)31(28(23)24)16-26(32)33)9-6-12-34-21-13-18(2)27(29)19(3)14-21/h5,7-8,10-11,13-15H,6,9,12,16H2,1-4H3,(H,32,33). The van der Waals surface area contributed by atoms with Gasteiger partial charge in [0.1, 0.15) is 12.3 Å². The summed E-state index contributed by atoms with van der Waals surface area (Å²) in [5.41, 5.74) is 8.20. The van der Waals surface area contributed by atoms with E-state index in [1.165, 1.54) is 0 Å². The Bertz CT molecular complexity index is 1350. The minimum Gasteiger partial charge on any atom is -0.494 e. The number of benzene rings is 2. The van der Waals surface area contributed by atoms with Crippen LogP contribution in [0, 0.1) is 27.7 Å². The molecule has 0 aliphatic carbocycles. The van der Waals surface area contributed by atoms with Gasteiger partial charge in [-0.3, -0.25) is 9.78 Å². The first-order chi connectivity index (χ1) is 16.3. The highest BCUT2D eigenvalue weighted by molar-refractivity contribution is 6.32. The number of fused-ring (bicyclic) bond motifs is 1. The molecule has 4 rings (SSSR count). The van der Waals surface area contributed by atoms with Crippen molar-refractivity contribution in [2.45, 2.75) is 47.1 Å². The molecule has 0 aliphatic rings. The number of aliphatic carboxylic acids is 1. The van der Waals surface area contributed by atoms with Crippen LogP contribution in [0.5, 0.6) is 5.75 Å². The average Bonchev–Trinajstić information content (AvgIpc) is 3.06. The summed E-state index contributed by atoms with van der Waals surface area (Å²) in [6, 6.07) is 12.1. The fourth-order valence-corrected chi connectivity index (χ4v) is 4.75. The Kier molecular flexibility index (Phi) is 6.94. The van der Waals surface area contributed by atoms with Gasteiger partial charge in [0.15, 0.2) is 0 Å². The number of aromatic nitrogens is 2. The Labute approximate surface area is 205 Å². The number of hydrogen-bond acceptors (Lipinski definition) is 3. The van der Waals surface area contributed by atoms with Gasteiger partial charge in [-0.15, -0.1) is 0 Å². The molecule has 0 unspecified atom stereocenters. The van der Waals surface area contributed by atoms with Crippen LogP contribution < -0.4 is 4.74 Å². The predicted octanol–water partition coefficient (Wildman–Crippen LogP) is 6.69. The van der Waals surface area contributed by atoms with E-state index in [0.717, 1.165) is 73.6 Å². The van der Waals surface area contributed by atoms with Gasteiger partial charge in [0, 0.05) is 39.6 Å². The largest absolute Gasteiger partial charge is 0.494 e. The molecule has 2 heterocycles. The Morgan fingerprint density at radius 1 is 1.06 bits per heavy atom. The third kappa shape index (κ3) is 4.66. The third-order valence-corrected chi connectivity index (χ3v) is 6.94. The summed E-state index contributed by atoms with van der Waals surface area (Å²) in [4.78, 5) is 16.0. The summed E-state index contributed by atoms with van der Waals surface area (Å²) in [6.07, 6.45) is 5.22. The van der Waals surface area contributed by atoms with Crippen LogP contribution in [0.3, 0.4) is 0 Å². The molecule has 0 bridgehead atoms. The SMILES string of the molecule is Cc1ccncc1-c1cccc2c(CCCOc3cc(C)c(Cl)c(C)c3)c(C)n(CC(=O)O)c12. The molecule has 1 N–H and O–H groups in total. The van der Waals surface area contributed by atoms with Crippen molar-refractivity contribution in [2.75, 3.05) is 6.61 Å². The lowest BCUT2D eigenvalue weighted by molar-refractivity contribution is -0.137. The molecule has 0 fully saturated rings. The Balaban J connectivity index is 1.65. The molecule has 0 aliphatic heterocycles. The molecule has 0 saturated carbocycles. The van der Waals surface area contributed by atoms with Gasteiger partial charge in [-0.2, -0.15) is 0 Å². The molecule has 4 aromatic rings. The molecule has 176 valence electrons. The number of rotatable bonds is 8. The van der Waals surface area contributed by atoms with Gasteiger partial charge >= 0.3 is 5.97 Å². The fraction of sp³-hybridized carbons (Fsp3) is 0.286. The molecule has 0 saturated heterocycles. The minimum absolute atomic E-state index is 0.0848. The Morgan fingerprint density at radius 3 is 2.47 bits per heavy atom. The molecule has 0 spiro atoms. The topological polar surface area (TPSA) is 64.4 Å². The third-order valence-electron chi connectivity index (χ3n) is 6.35. The van der Waals surface area contributed by atoms with Gasteiger partial charge in [-0.1, -0.05) is 29.8 Å². The second kappa shape index (κ2) is 9.90. The Morgan fingerprint density at radius 2 is 1.79 bits per heavy atom. The molecular weight excluding hydrogens is 448 g/mol. The summed E-state index contributed by atoms with van der Waals surface area (Å²) in [5.74, 6) is -0.0418. The van der Waals surface area contributed by atoms with E-state index in [9.17, 15) is 9.90 Å². The van der Waals surface area contributed by atoms with Crippen molar-refractivity contribution in [2.24, 2.45) is 0 Å². The maximum Gasteiger partial charge on any atom is 0.323 e. The summed E-state index contributed by atoms with van der Waals surface area (Å²) in [6.45, 7) is 8.48. The number of ether oxygens (including phenoxy) is 1. The molecule has 2 aromatic heterocycles. The van der Waals surface area contributed by atoms with Crippen molar-refractivity contribution in [1.29, 1.82) is 0 Å². The van der Waals surface area contributed by atoms with Crippen molar-refractivity contribution in [3.63, 3.8) is 0 Å². The van der Waals surface area contributed by atoms with Crippen molar-refractivity contribution >= 4 is 28.5 Å². The highest BCUT2D eigenvalue weighted by Crippen LogP contribution is 2.36. The number of hydrogen-bond donors (Lipinski definition) is 1. The quantitative estimate of drug-likeness (QED) is 0.288. The number of pyridine rings is 1. The van der Waals surface area contributed by atoms with Gasteiger partial charge in [0.25, 0.3) is 0 Å². The average molecular weight is 477 g/mol. The molecule has 34 heavy (non-hydrogen) atoms. The van der Waals surface area contributed by atoms with E-state index in [1.54, 1.807) is 6.20 Å². The number of carbonyl (C=O) groups is 1. The number of nitrogens with zero attached hydrogens (tertiary/aromatic N) is 2. The summed E-state index contributed by atoms with van der Waals surface area (Å²) in [5, 5.41) is 11.5. The lowest BCUT2D eigenvalue weighted by Gasteiger charge is -2.11. The highest BCUT2D eigenvalue weighted by Gasteiger charge is 2.19. The molecular formula is C28H29ClN2O3. The first-order valence-corrected chi connectivity index (χ1v) is 11.8. The zero-order valence-corrected chi connectivity index (χ0v) is 20.7. The van der Waals surface area contributed by atoms with Crippen molar-refractivity contribution in [1.82, 2.24) is 9.55 Å². The monoisotopic (exact) mass is 476 g/mol. The number of carboxylic acids is 1.